The van der Waals surface area contributed by atoms with Gasteiger partial charge in [-0.25, -0.2) is 12.8 Å². The van der Waals surface area contributed by atoms with Crippen molar-refractivity contribution in [1.29, 1.82) is 0 Å². The lowest BCUT2D eigenvalue weighted by molar-refractivity contribution is -0.139. The Labute approximate surface area is 239 Å². The van der Waals surface area contributed by atoms with Gasteiger partial charge in [-0.1, -0.05) is 37.3 Å². The summed E-state index contributed by atoms with van der Waals surface area (Å²) in [6.45, 7) is 5.40. The fourth-order valence-electron chi connectivity index (χ4n) is 4.27. The van der Waals surface area contributed by atoms with E-state index in [4.69, 9.17) is 9.47 Å². The van der Waals surface area contributed by atoms with Crippen molar-refractivity contribution in [3.8, 4) is 11.5 Å². The van der Waals surface area contributed by atoms with E-state index in [0.29, 0.717) is 36.7 Å². The van der Waals surface area contributed by atoms with Gasteiger partial charge in [0.05, 0.1) is 10.6 Å². The van der Waals surface area contributed by atoms with E-state index in [1.807, 2.05) is 13.8 Å². The van der Waals surface area contributed by atoms with E-state index in [0.717, 1.165) is 4.31 Å². The van der Waals surface area contributed by atoms with Crippen LogP contribution >= 0.6 is 0 Å². The number of carbonyl (C=O) groups is 2. The first kappa shape index (κ1) is 29.9. The van der Waals surface area contributed by atoms with E-state index in [1.54, 1.807) is 37.3 Å². The number of amides is 2. The summed E-state index contributed by atoms with van der Waals surface area (Å²) in [5.41, 5.74) is 0.782. The highest BCUT2D eigenvalue weighted by atomic mass is 32.2. The average Bonchev–Trinajstić information content (AvgIpc) is 2.99. The van der Waals surface area contributed by atoms with Gasteiger partial charge in [0.2, 0.25) is 11.8 Å². The number of hydrogen-bond acceptors (Lipinski definition) is 6. The van der Waals surface area contributed by atoms with E-state index in [2.05, 4.69) is 5.32 Å². The fourth-order valence-corrected chi connectivity index (χ4v) is 5.70. The van der Waals surface area contributed by atoms with Crippen LogP contribution in [0, 0.1) is 5.82 Å². The lowest BCUT2D eigenvalue weighted by Crippen LogP contribution is -2.52. The first-order valence-corrected chi connectivity index (χ1v) is 14.9. The molecule has 1 aliphatic heterocycles. The van der Waals surface area contributed by atoms with Gasteiger partial charge < -0.3 is 19.7 Å². The molecule has 0 bridgehead atoms. The number of hydrogen-bond donors (Lipinski definition) is 1. The largest absolute Gasteiger partial charge is 0.486 e. The molecule has 2 atom stereocenters. The highest BCUT2D eigenvalue weighted by molar-refractivity contribution is 7.92. The molecule has 0 aromatic heterocycles. The van der Waals surface area contributed by atoms with Crippen molar-refractivity contribution < 1.29 is 31.9 Å². The molecule has 4 rings (SSSR count). The summed E-state index contributed by atoms with van der Waals surface area (Å²) in [7, 11) is -4.22. The number of anilines is 1. The monoisotopic (exact) mass is 583 g/mol. The normalized spacial score (nSPS) is 14.0. The molecule has 2 amide bonds. The molecule has 0 aliphatic carbocycles. The number of benzene rings is 3. The predicted molar refractivity (Wildman–Crippen MR) is 153 cm³/mol. The van der Waals surface area contributed by atoms with Gasteiger partial charge in [0.25, 0.3) is 10.0 Å². The molecular weight excluding hydrogens is 549 g/mol. The van der Waals surface area contributed by atoms with Crippen molar-refractivity contribution in [3.05, 3.63) is 84.2 Å². The Hall–Kier alpha value is -4.12. The second-order valence-electron chi connectivity index (χ2n) is 9.79. The molecule has 0 radical (unpaired) electrons. The minimum absolute atomic E-state index is 0.00432. The van der Waals surface area contributed by atoms with Crippen molar-refractivity contribution in [3.63, 3.8) is 0 Å². The first-order chi connectivity index (χ1) is 19.6. The molecule has 3 aromatic rings. The highest BCUT2D eigenvalue weighted by Crippen LogP contribution is 2.36. The summed E-state index contributed by atoms with van der Waals surface area (Å²) in [6.07, 6.45) is 0.692. The smallest absolute Gasteiger partial charge is 0.264 e. The van der Waals surface area contributed by atoms with E-state index >= 15 is 0 Å². The maximum atomic E-state index is 14.0. The molecule has 11 heteroatoms. The van der Waals surface area contributed by atoms with Crippen molar-refractivity contribution >= 4 is 27.5 Å². The number of nitrogens with one attached hydrogen (secondary N) is 1. The van der Waals surface area contributed by atoms with Crippen molar-refractivity contribution in [2.24, 2.45) is 0 Å². The zero-order valence-electron chi connectivity index (χ0n) is 23.2. The van der Waals surface area contributed by atoms with Gasteiger partial charge in [0, 0.05) is 18.7 Å². The number of halogens is 1. The van der Waals surface area contributed by atoms with Crippen molar-refractivity contribution in [2.75, 3.05) is 24.1 Å². The van der Waals surface area contributed by atoms with E-state index in [-0.39, 0.29) is 29.1 Å². The van der Waals surface area contributed by atoms with E-state index in [1.165, 1.54) is 47.4 Å². The van der Waals surface area contributed by atoms with Gasteiger partial charge in [-0.2, -0.15) is 0 Å². The Balaban J connectivity index is 1.72. The SMILES string of the molecule is CC[C@H](C)NC(=O)[C@@H](C)N(Cc1ccc(F)cc1)C(=O)CN(c1ccc2c(c1)OCCO2)S(=O)(=O)c1ccccc1. The van der Waals surface area contributed by atoms with Crippen LogP contribution in [0.25, 0.3) is 0 Å². The van der Waals surface area contributed by atoms with Gasteiger partial charge in [-0.3, -0.25) is 13.9 Å². The molecule has 1 N–H and O–H groups in total. The number of ether oxygens (including phenoxy) is 2. The summed E-state index contributed by atoms with van der Waals surface area (Å²) in [6, 6.07) is 17.0. The van der Waals surface area contributed by atoms with Crippen LogP contribution in [0.4, 0.5) is 10.1 Å². The standard InChI is InChI=1S/C30H34FN3O6S/c1-4-21(2)32-30(36)22(3)33(19-23-10-12-24(31)13-11-23)29(35)20-34(41(37,38)26-8-6-5-7-9-26)25-14-15-27-28(18-25)40-17-16-39-27/h5-15,18,21-22H,4,16-17,19-20H2,1-3H3,(H,32,36)/t21-,22+/m0/s1. The zero-order valence-corrected chi connectivity index (χ0v) is 24.1. The molecule has 9 nitrogen and oxygen atoms in total. The molecule has 1 aliphatic rings. The van der Waals surface area contributed by atoms with Crippen molar-refractivity contribution in [1.82, 2.24) is 10.2 Å². The third kappa shape index (κ3) is 7.15. The molecule has 218 valence electrons. The van der Waals surface area contributed by atoms with Crippen LogP contribution in [0.5, 0.6) is 11.5 Å². The molecule has 0 unspecified atom stereocenters. The van der Waals surface area contributed by atoms with E-state index in [9.17, 15) is 22.4 Å². The summed E-state index contributed by atoms with van der Waals surface area (Å²) in [4.78, 5) is 28.4. The van der Waals surface area contributed by atoms with Crippen LogP contribution in [-0.4, -0.2) is 57.0 Å². The Bertz CT molecular complexity index is 1470. The number of rotatable bonds is 11. The van der Waals surface area contributed by atoms with Crippen LogP contribution in [0.3, 0.4) is 0 Å². The van der Waals surface area contributed by atoms with Gasteiger partial charge in [0.1, 0.15) is 31.6 Å². The quantitative estimate of drug-likeness (QED) is 0.364. The van der Waals surface area contributed by atoms with Crippen LogP contribution in [0.1, 0.15) is 32.8 Å². The van der Waals surface area contributed by atoms with Gasteiger partial charge in [-0.05, 0) is 62.2 Å². The predicted octanol–water partition coefficient (Wildman–Crippen LogP) is 4.12. The first-order valence-electron chi connectivity index (χ1n) is 13.4. The Morgan fingerprint density at radius 1 is 0.951 bits per heavy atom. The minimum atomic E-state index is -4.22. The van der Waals surface area contributed by atoms with Crippen LogP contribution < -0.4 is 19.1 Å². The summed E-state index contributed by atoms with van der Waals surface area (Å²) < 4.78 is 53.6. The molecule has 0 saturated heterocycles. The lowest BCUT2D eigenvalue weighted by Gasteiger charge is -2.32. The zero-order chi connectivity index (χ0) is 29.6. The van der Waals surface area contributed by atoms with Gasteiger partial charge in [0.15, 0.2) is 11.5 Å². The Kier molecular flexibility index (Phi) is 9.49. The summed E-state index contributed by atoms with van der Waals surface area (Å²) in [5, 5.41) is 2.88. The fraction of sp³-hybridized carbons (Fsp3) is 0.333. The second-order valence-corrected chi connectivity index (χ2v) is 11.7. The maximum absolute atomic E-state index is 14.0. The summed E-state index contributed by atoms with van der Waals surface area (Å²) >= 11 is 0. The van der Waals surface area contributed by atoms with Crippen LogP contribution in [-0.2, 0) is 26.2 Å². The number of fused-ring (bicyclic) bond motifs is 1. The summed E-state index contributed by atoms with van der Waals surface area (Å²) in [5.74, 6) is -0.606. The van der Waals surface area contributed by atoms with Gasteiger partial charge in [-0.15, -0.1) is 0 Å². The third-order valence-electron chi connectivity index (χ3n) is 6.86. The molecule has 0 fully saturated rings. The Morgan fingerprint density at radius 3 is 2.27 bits per heavy atom. The van der Waals surface area contributed by atoms with Crippen LogP contribution in [0.2, 0.25) is 0 Å². The second kappa shape index (κ2) is 13.0. The third-order valence-corrected chi connectivity index (χ3v) is 8.65. The minimum Gasteiger partial charge on any atom is -0.486 e. The molecule has 1 heterocycles. The Morgan fingerprint density at radius 2 is 1.61 bits per heavy atom. The number of carbonyl (C=O) groups excluding carboxylic acids is 2. The van der Waals surface area contributed by atoms with Gasteiger partial charge >= 0.3 is 0 Å². The molecule has 3 aromatic carbocycles. The van der Waals surface area contributed by atoms with Crippen LogP contribution in [0.15, 0.2) is 77.7 Å². The number of nitrogens with zero attached hydrogens (tertiary/aromatic N) is 2. The molecule has 0 spiro atoms. The maximum Gasteiger partial charge on any atom is 0.264 e. The highest BCUT2D eigenvalue weighted by Gasteiger charge is 2.33. The van der Waals surface area contributed by atoms with Crippen molar-refractivity contribution in [2.45, 2.75) is 50.7 Å². The molecular formula is C30H34FN3O6S. The molecule has 0 saturated carbocycles. The lowest BCUT2D eigenvalue weighted by atomic mass is 10.1. The average molecular weight is 584 g/mol. The molecule has 41 heavy (non-hydrogen) atoms. The number of sulfonamides is 1. The topological polar surface area (TPSA) is 105 Å². The van der Waals surface area contributed by atoms with E-state index < -0.39 is 34.3 Å².